The van der Waals surface area contributed by atoms with Gasteiger partial charge < -0.3 is 10.0 Å². The molecule has 7 heteroatoms. The van der Waals surface area contributed by atoms with Crippen LogP contribution < -0.4 is 0 Å². The van der Waals surface area contributed by atoms with Crippen molar-refractivity contribution in [3.8, 4) is 5.75 Å². The van der Waals surface area contributed by atoms with Crippen LogP contribution >= 0.6 is 11.8 Å². The van der Waals surface area contributed by atoms with E-state index in [0.717, 1.165) is 12.2 Å². The zero-order valence-corrected chi connectivity index (χ0v) is 11.9. The minimum absolute atomic E-state index is 0.0447. The summed E-state index contributed by atoms with van der Waals surface area (Å²) in [5.74, 6) is 0.306. The van der Waals surface area contributed by atoms with E-state index in [-0.39, 0.29) is 22.9 Å². The maximum absolute atomic E-state index is 12.4. The molecule has 2 rings (SSSR count). The molecule has 1 aliphatic heterocycles. The number of phenols is 1. The Hall–Kier alpha value is -1.76. The number of nitro benzene ring substituents is 1. The number of thioether (sulfide) groups is 1. The quantitative estimate of drug-likeness (QED) is 0.683. The summed E-state index contributed by atoms with van der Waals surface area (Å²) in [5, 5.41) is 20.8. The summed E-state index contributed by atoms with van der Waals surface area (Å²) >= 11 is 1.82. The molecule has 1 fully saturated rings. The van der Waals surface area contributed by atoms with Crippen LogP contribution in [0.1, 0.15) is 23.7 Å². The van der Waals surface area contributed by atoms with Gasteiger partial charge in [0.05, 0.1) is 4.92 Å². The minimum Gasteiger partial charge on any atom is -0.508 e. The molecule has 6 nitrogen and oxygen atoms in total. The third kappa shape index (κ3) is 3.04. The van der Waals surface area contributed by atoms with Crippen LogP contribution in [0.2, 0.25) is 0 Å². The van der Waals surface area contributed by atoms with Crippen molar-refractivity contribution in [2.24, 2.45) is 0 Å². The molecule has 20 heavy (non-hydrogen) atoms. The van der Waals surface area contributed by atoms with Gasteiger partial charge >= 0.3 is 0 Å². The summed E-state index contributed by atoms with van der Waals surface area (Å²) in [7, 11) is 0. The lowest BCUT2D eigenvalue weighted by atomic mass is 10.1. The first kappa shape index (κ1) is 14.6. The van der Waals surface area contributed by atoms with Crippen LogP contribution in [-0.2, 0) is 0 Å². The summed E-state index contributed by atoms with van der Waals surface area (Å²) < 4.78 is 0. The summed E-state index contributed by atoms with van der Waals surface area (Å²) in [4.78, 5) is 24.5. The fourth-order valence-electron chi connectivity index (χ4n) is 2.18. The van der Waals surface area contributed by atoms with Gasteiger partial charge in [-0.1, -0.05) is 6.92 Å². The van der Waals surface area contributed by atoms with Gasteiger partial charge in [0.25, 0.3) is 11.6 Å². The van der Waals surface area contributed by atoms with Crippen molar-refractivity contribution in [3.05, 3.63) is 33.9 Å². The average Bonchev–Trinajstić information content (AvgIpc) is 2.46. The average molecular weight is 296 g/mol. The molecule has 1 saturated heterocycles. The summed E-state index contributed by atoms with van der Waals surface area (Å²) in [5.41, 5.74) is -0.309. The number of hydrogen-bond donors (Lipinski definition) is 1. The first-order valence-electron chi connectivity index (χ1n) is 6.41. The standard InChI is InChI=1S/C13H16N2O4S/c1-2-10-8-14(5-6-20-10)13(17)11-7-9(16)3-4-12(11)15(18)19/h3-4,7,10,16H,2,5-6,8H2,1H3. The Bertz CT molecular complexity index is 535. The third-order valence-corrected chi connectivity index (χ3v) is 4.66. The number of rotatable bonds is 3. The molecule has 1 heterocycles. The molecule has 0 aromatic heterocycles. The van der Waals surface area contributed by atoms with Crippen molar-refractivity contribution in [2.45, 2.75) is 18.6 Å². The lowest BCUT2D eigenvalue weighted by Gasteiger charge is -2.31. The van der Waals surface area contributed by atoms with Gasteiger partial charge in [-0.15, -0.1) is 0 Å². The smallest absolute Gasteiger partial charge is 0.282 e. The number of benzene rings is 1. The molecule has 1 aromatic carbocycles. The Morgan fingerprint density at radius 1 is 1.60 bits per heavy atom. The highest BCUT2D eigenvalue weighted by atomic mass is 32.2. The highest BCUT2D eigenvalue weighted by molar-refractivity contribution is 8.00. The molecular weight excluding hydrogens is 280 g/mol. The Morgan fingerprint density at radius 3 is 3.00 bits per heavy atom. The van der Waals surface area contributed by atoms with Crippen molar-refractivity contribution < 1.29 is 14.8 Å². The lowest BCUT2D eigenvalue weighted by Crippen LogP contribution is -2.41. The monoisotopic (exact) mass is 296 g/mol. The van der Waals surface area contributed by atoms with Crippen LogP contribution in [0.25, 0.3) is 0 Å². The van der Waals surface area contributed by atoms with E-state index >= 15 is 0 Å². The zero-order chi connectivity index (χ0) is 14.7. The zero-order valence-electron chi connectivity index (χ0n) is 11.1. The van der Waals surface area contributed by atoms with Gasteiger partial charge in [0.1, 0.15) is 11.3 Å². The molecular formula is C13H16N2O4S. The van der Waals surface area contributed by atoms with E-state index < -0.39 is 4.92 Å². The van der Waals surface area contributed by atoms with E-state index in [0.29, 0.717) is 18.3 Å². The Labute approximate surface area is 120 Å². The van der Waals surface area contributed by atoms with Crippen LogP contribution in [-0.4, -0.2) is 44.9 Å². The minimum atomic E-state index is -0.595. The van der Waals surface area contributed by atoms with Crippen LogP contribution in [0.5, 0.6) is 5.75 Å². The molecule has 1 N–H and O–H groups in total. The van der Waals surface area contributed by atoms with E-state index in [4.69, 9.17) is 0 Å². The number of nitro groups is 1. The Kier molecular flexibility index (Phi) is 4.49. The molecule has 1 unspecified atom stereocenters. The second-order valence-electron chi connectivity index (χ2n) is 4.61. The number of amides is 1. The van der Waals surface area contributed by atoms with E-state index in [1.165, 1.54) is 18.2 Å². The summed E-state index contributed by atoms with van der Waals surface area (Å²) in [6.45, 7) is 3.22. The molecule has 1 amide bonds. The maximum atomic E-state index is 12.4. The molecule has 108 valence electrons. The first-order chi connectivity index (χ1) is 9.52. The number of carbonyl (C=O) groups is 1. The predicted molar refractivity (Wildman–Crippen MR) is 77.2 cm³/mol. The van der Waals surface area contributed by atoms with Crippen molar-refractivity contribution in [1.82, 2.24) is 4.90 Å². The molecule has 1 aliphatic rings. The van der Waals surface area contributed by atoms with Gasteiger partial charge in [-0.2, -0.15) is 11.8 Å². The van der Waals surface area contributed by atoms with Crippen LogP contribution in [0.4, 0.5) is 5.69 Å². The summed E-state index contributed by atoms with van der Waals surface area (Å²) in [6.07, 6.45) is 0.955. The van der Waals surface area contributed by atoms with Gasteiger partial charge in [0, 0.05) is 30.2 Å². The number of aromatic hydroxyl groups is 1. The second-order valence-corrected chi connectivity index (χ2v) is 6.02. The molecule has 0 saturated carbocycles. The van der Waals surface area contributed by atoms with Gasteiger partial charge in [-0.25, -0.2) is 0 Å². The van der Waals surface area contributed by atoms with E-state index in [2.05, 4.69) is 6.92 Å². The normalized spacial score (nSPS) is 18.9. The van der Waals surface area contributed by atoms with Gasteiger partial charge in [-0.05, 0) is 18.6 Å². The van der Waals surface area contributed by atoms with Gasteiger partial charge in [0.15, 0.2) is 0 Å². The fourth-order valence-corrected chi connectivity index (χ4v) is 3.36. The van der Waals surface area contributed by atoms with E-state index in [1.54, 1.807) is 4.90 Å². The Morgan fingerprint density at radius 2 is 2.35 bits per heavy atom. The van der Waals surface area contributed by atoms with E-state index in [9.17, 15) is 20.0 Å². The fraction of sp³-hybridized carbons (Fsp3) is 0.462. The van der Waals surface area contributed by atoms with Crippen molar-refractivity contribution in [3.63, 3.8) is 0 Å². The summed E-state index contributed by atoms with van der Waals surface area (Å²) in [6, 6.07) is 3.55. The van der Waals surface area contributed by atoms with Crippen LogP contribution in [0.15, 0.2) is 18.2 Å². The number of hydrogen-bond acceptors (Lipinski definition) is 5. The van der Waals surface area contributed by atoms with Crippen LogP contribution in [0.3, 0.4) is 0 Å². The molecule has 0 radical (unpaired) electrons. The van der Waals surface area contributed by atoms with Crippen LogP contribution in [0, 0.1) is 10.1 Å². The van der Waals surface area contributed by atoms with Gasteiger partial charge in [-0.3, -0.25) is 14.9 Å². The van der Waals surface area contributed by atoms with Crippen molar-refractivity contribution in [1.29, 1.82) is 0 Å². The number of carbonyl (C=O) groups excluding carboxylic acids is 1. The highest BCUT2D eigenvalue weighted by Gasteiger charge is 2.28. The maximum Gasteiger partial charge on any atom is 0.282 e. The van der Waals surface area contributed by atoms with Crippen molar-refractivity contribution >= 4 is 23.4 Å². The second kappa shape index (κ2) is 6.13. The first-order valence-corrected chi connectivity index (χ1v) is 7.46. The van der Waals surface area contributed by atoms with Gasteiger partial charge in [0.2, 0.25) is 0 Å². The number of phenolic OH excluding ortho intramolecular Hbond substituents is 1. The largest absolute Gasteiger partial charge is 0.508 e. The SMILES string of the molecule is CCC1CN(C(=O)c2cc(O)ccc2[N+](=O)[O-])CCS1. The predicted octanol–water partition coefficient (Wildman–Crippen LogP) is 2.27. The van der Waals surface area contributed by atoms with E-state index in [1.807, 2.05) is 11.8 Å². The topological polar surface area (TPSA) is 83.7 Å². The number of nitrogens with zero attached hydrogens (tertiary/aromatic N) is 2. The molecule has 1 aromatic rings. The van der Waals surface area contributed by atoms with Crippen molar-refractivity contribution in [2.75, 3.05) is 18.8 Å². The highest BCUT2D eigenvalue weighted by Crippen LogP contribution is 2.27. The Balaban J connectivity index is 2.28. The lowest BCUT2D eigenvalue weighted by molar-refractivity contribution is -0.385. The molecule has 0 aliphatic carbocycles. The molecule has 1 atom stereocenters. The molecule has 0 bridgehead atoms. The molecule has 0 spiro atoms. The third-order valence-electron chi connectivity index (χ3n) is 3.29.